The van der Waals surface area contributed by atoms with Crippen LogP contribution in [-0.2, 0) is 0 Å². The van der Waals surface area contributed by atoms with Gasteiger partial charge in [-0.25, -0.2) is 0 Å². The fraction of sp³-hybridized carbons (Fsp3) is 1.00. The molecule has 0 aromatic heterocycles. The van der Waals surface area contributed by atoms with Gasteiger partial charge >= 0.3 is 0 Å². The molecule has 0 bridgehead atoms. The van der Waals surface area contributed by atoms with Crippen LogP contribution in [0.25, 0.3) is 0 Å². The van der Waals surface area contributed by atoms with Crippen LogP contribution in [0, 0.1) is 0 Å². The molecule has 0 saturated carbocycles. The first-order valence-electron chi connectivity index (χ1n) is 7.05. The van der Waals surface area contributed by atoms with Crippen molar-refractivity contribution in [3.05, 3.63) is 0 Å². The Morgan fingerprint density at radius 2 is 1.94 bits per heavy atom. The lowest BCUT2D eigenvalue weighted by Gasteiger charge is -2.35. The van der Waals surface area contributed by atoms with Crippen molar-refractivity contribution in [2.75, 3.05) is 26.7 Å². The highest BCUT2D eigenvalue weighted by atomic mass is 16.3. The predicted octanol–water partition coefficient (Wildman–Crippen LogP) is 2.25. The topological polar surface area (TPSA) is 35.5 Å². The largest absolute Gasteiger partial charge is 0.394 e. The van der Waals surface area contributed by atoms with Gasteiger partial charge in [-0.1, -0.05) is 26.7 Å². The molecule has 3 nitrogen and oxygen atoms in total. The van der Waals surface area contributed by atoms with E-state index in [9.17, 15) is 5.11 Å². The minimum Gasteiger partial charge on any atom is -0.394 e. The van der Waals surface area contributed by atoms with Gasteiger partial charge in [-0.05, 0) is 46.8 Å². The van der Waals surface area contributed by atoms with Gasteiger partial charge in [0.2, 0.25) is 0 Å². The van der Waals surface area contributed by atoms with Crippen molar-refractivity contribution in [3.63, 3.8) is 0 Å². The van der Waals surface area contributed by atoms with E-state index in [4.69, 9.17) is 0 Å². The van der Waals surface area contributed by atoms with Crippen LogP contribution in [0.15, 0.2) is 0 Å². The van der Waals surface area contributed by atoms with E-state index in [0.717, 1.165) is 19.5 Å². The van der Waals surface area contributed by atoms with Crippen LogP contribution in [0.5, 0.6) is 0 Å². The molecule has 2 N–H and O–H groups in total. The Labute approximate surface area is 108 Å². The van der Waals surface area contributed by atoms with Crippen LogP contribution < -0.4 is 5.32 Å². The maximum Gasteiger partial charge on any atom is 0.0611 e. The maximum atomic E-state index is 9.48. The Hall–Kier alpha value is -0.120. The molecule has 104 valence electrons. The van der Waals surface area contributed by atoms with Crippen LogP contribution in [0.1, 0.15) is 53.4 Å². The fourth-order valence-corrected chi connectivity index (χ4v) is 2.26. The molecule has 17 heavy (non-hydrogen) atoms. The Kier molecular flexibility index (Phi) is 8.83. The van der Waals surface area contributed by atoms with Crippen molar-refractivity contribution in [1.82, 2.24) is 10.2 Å². The highest BCUT2D eigenvalue weighted by Gasteiger charge is 2.26. The van der Waals surface area contributed by atoms with Crippen LogP contribution in [-0.4, -0.2) is 48.3 Å². The van der Waals surface area contributed by atoms with Gasteiger partial charge in [0.05, 0.1) is 6.61 Å². The first-order valence-corrected chi connectivity index (χ1v) is 7.05. The SMILES string of the molecule is CCCCCN(C)C(C)CC(C)(CO)NCC. The molecule has 0 aromatic carbocycles. The average molecular weight is 244 g/mol. The van der Waals surface area contributed by atoms with Crippen molar-refractivity contribution in [3.8, 4) is 0 Å². The number of likely N-dealkylation sites (N-methyl/N-ethyl adjacent to an activating group) is 1. The molecule has 0 aromatic rings. The smallest absolute Gasteiger partial charge is 0.0611 e. The third kappa shape index (κ3) is 7.02. The molecule has 0 fully saturated rings. The summed E-state index contributed by atoms with van der Waals surface area (Å²) in [7, 11) is 2.18. The van der Waals surface area contributed by atoms with E-state index in [1.165, 1.54) is 19.3 Å². The molecule has 0 amide bonds. The van der Waals surface area contributed by atoms with Gasteiger partial charge in [-0.2, -0.15) is 0 Å². The zero-order valence-electron chi connectivity index (χ0n) is 12.4. The molecule has 0 rings (SSSR count). The van der Waals surface area contributed by atoms with Gasteiger partial charge in [0.15, 0.2) is 0 Å². The van der Waals surface area contributed by atoms with E-state index in [-0.39, 0.29) is 12.1 Å². The summed E-state index contributed by atoms with van der Waals surface area (Å²) < 4.78 is 0. The van der Waals surface area contributed by atoms with Crippen LogP contribution >= 0.6 is 0 Å². The Balaban J connectivity index is 4.07. The van der Waals surface area contributed by atoms with E-state index < -0.39 is 0 Å². The minimum atomic E-state index is -0.146. The van der Waals surface area contributed by atoms with Crippen molar-refractivity contribution in [1.29, 1.82) is 0 Å². The quantitative estimate of drug-likeness (QED) is 0.579. The normalized spacial score (nSPS) is 17.1. The highest BCUT2D eigenvalue weighted by Crippen LogP contribution is 2.15. The second-order valence-electron chi connectivity index (χ2n) is 5.49. The second-order valence-corrected chi connectivity index (χ2v) is 5.49. The molecule has 0 aliphatic carbocycles. The molecular formula is C14H32N2O. The summed E-state index contributed by atoms with van der Waals surface area (Å²) in [5.41, 5.74) is -0.146. The number of nitrogens with one attached hydrogen (secondary N) is 1. The monoisotopic (exact) mass is 244 g/mol. The first-order chi connectivity index (χ1) is 7.99. The molecule has 3 heteroatoms. The predicted molar refractivity (Wildman–Crippen MR) is 75.4 cm³/mol. The first kappa shape index (κ1) is 16.9. The third-order valence-corrected chi connectivity index (χ3v) is 3.57. The van der Waals surface area contributed by atoms with E-state index in [2.05, 4.69) is 45.0 Å². The van der Waals surface area contributed by atoms with Gasteiger partial charge in [0, 0.05) is 11.6 Å². The zero-order valence-corrected chi connectivity index (χ0v) is 12.4. The van der Waals surface area contributed by atoms with Gasteiger partial charge in [-0.3, -0.25) is 0 Å². The molecule has 0 aliphatic heterocycles. The van der Waals surface area contributed by atoms with Gasteiger partial charge < -0.3 is 15.3 Å². The zero-order chi connectivity index (χ0) is 13.3. The summed E-state index contributed by atoms with van der Waals surface area (Å²) in [6.07, 6.45) is 4.84. The van der Waals surface area contributed by atoms with Crippen LogP contribution in [0.2, 0.25) is 0 Å². The summed E-state index contributed by atoms with van der Waals surface area (Å²) in [6, 6.07) is 0.503. The highest BCUT2D eigenvalue weighted by molar-refractivity contribution is 4.86. The lowest BCUT2D eigenvalue weighted by molar-refractivity contribution is 0.127. The van der Waals surface area contributed by atoms with E-state index >= 15 is 0 Å². The number of hydrogen-bond acceptors (Lipinski definition) is 3. The number of aliphatic hydroxyl groups excluding tert-OH is 1. The number of rotatable bonds is 10. The Bertz CT molecular complexity index is 187. The molecular weight excluding hydrogens is 212 g/mol. The van der Waals surface area contributed by atoms with Gasteiger partial charge in [-0.15, -0.1) is 0 Å². The van der Waals surface area contributed by atoms with Crippen LogP contribution in [0.3, 0.4) is 0 Å². The summed E-state index contributed by atoms with van der Waals surface area (Å²) in [6.45, 7) is 10.9. The summed E-state index contributed by atoms with van der Waals surface area (Å²) in [5.74, 6) is 0. The van der Waals surface area contributed by atoms with Crippen molar-refractivity contribution in [2.45, 2.75) is 65.0 Å². The van der Waals surface area contributed by atoms with Crippen molar-refractivity contribution < 1.29 is 5.11 Å². The molecule has 2 atom stereocenters. The Morgan fingerprint density at radius 1 is 1.29 bits per heavy atom. The van der Waals surface area contributed by atoms with Crippen molar-refractivity contribution >= 4 is 0 Å². The standard InChI is InChI=1S/C14H32N2O/c1-6-8-9-10-16(5)13(3)11-14(4,12-17)15-7-2/h13,15,17H,6-12H2,1-5H3. The average Bonchev–Trinajstić information content (AvgIpc) is 2.29. The second kappa shape index (κ2) is 8.90. The number of unbranched alkanes of at least 4 members (excludes halogenated alkanes) is 2. The lowest BCUT2D eigenvalue weighted by Crippen LogP contribution is -2.50. The number of aliphatic hydroxyl groups is 1. The molecule has 0 radical (unpaired) electrons. The molecule has 0 aliphatic rings. The molecule has 2 unspecified atom stereocenters. The van der Waals surface area contributed by atoms with Gasteiger partial charge in [0.25, 0.3) is 0 Å². The van der Waals surface area contributed by atoms with E-state index in [0.29, 0.717) is 6.04 Å². The van der Waals surface area contributed by atoms with Crippen molar-refractivity contribution in [2.24, 2.45) is 0 Å². The molecule has 0 spiro atoms. The summed E-state index contributed by atoms with van der Waals surface area (Å²) >= 11 is 0. The summed E-state index contributed by atoms with van der Waals surface area (Å²) in [4.78, 5) is 2.40. The minimum absolute atomic E-state index is 0.146. The fourth-order valence-electron chi connectivity index (χ4n) is 2.26. The Morgan fingerprint density at radius 3 is 2.41 bits per heavy atom. The van der Waals surface area contributed by atoms with E-state index in [1.54, 1.807) is 0 Å². The number of hydrogen-bond donors (Lipinski definition) is 2. The maximum absolute atomic E-state index is 9.48. The number of nitrogens with zero attached hydrogens (tertiary/aromatic N) is 1. The lowest BCUT2D eigenvalue weighted by atomic mass is 9.93. The van der Waals surface area contributed by atoms with Crippen LogP contribution in [0.4, 0.5) is 0 Å². The molecule has 0 heterocycles. The third-order valence-electron chi connectivity index (χ3n) is 3.57. The van der Waals surface area contributed by atoms with E-state index in [1.807, 2.05) is 0 Å². The van der Waals surface area contributed by atoms with Gasteiger partial charge in [0.1, 0.15) is 0 Å². The molecule has 0 saturated heterocycles. The summed E-state index contributed by atoms with van der Waals surface area (Å²) in [5, 5.41) is 12.9.